The number of rotatable bonds is 6. The van der Waals surface area contributed by atoms with E-state index in [9.17, 15) is 0 Å². The molecule has 0 spiro atoms. The molecule has 0 unspecified atom stereocenters. The lowest BCUT2D eigenvalue weighted by molar-refractivity contribution is 0.121. The van der Waals surface area contributed by atoms with E-state index in [1.807, 2.05) is 6.07 Å². The standard InChI is InChI=1S/C12H17BrClNS/c13-7-2-8-15(10-3-1-4-10)9-11-5-6-12(14)16-11/h5-6,10H,1-4,7-9H2. The van der Waals surface area contributed by atoms with E-state index >= 15 is 0 Å². The van der Waals surface area contributed by atoms with Gasteiger partial charge < -0.3 is 0 Å². The Morgan fingerprint density at radius 2 is 2.25 bits per heavy atom. The fourth-order valence-corrected chi connectivity index (χ4v) is 3.41. The molecule has 1 aliphatic rings. The third-order valence-electron chi connectivity index (χ3n) is 3.16. The molecule has 1 aromatic rings. The summed E-state index contributed by atoms with van der Waals surface area (Å²) in [4.78, 5) is 4.01. The molecule has 0 amide bonds. The topological polar surface area (TPSA) is 3.24 Å². The number of nitrogens with zero attached hydrogens (tertiary/aromatic N) is 1. The van der Waals surface area contributed by atoms with E-state index in [1.165, 1.54) is 37.1 Å². The number of thiophene rings is 1. The Balaban J connectivity index is 1.90. The van der Waals surface area contributed by atoms with Gasteiger partial charge in [0.1, 0.15) is 0 Å². The van der Waals surface area contributed by atoms with Crippen LogP contribution in [0.3, 0.4) is 0 Å². The van der Waals surface area contributed by atoms with Crippen LogP contribution in [0.5, 0.6) is 0 Å². The fraction of sp³-hybridized carbons (Fsp3) is 0.667. The van der Waals surface area contributed by atoms with E-state index in [2.05, 4.69) is 26.9 Å². The van der Waals surface area contributed by atoms with Crippen molar-refractivity contribution in [3.8, 4) is 0 Å². The van der Waals surface area contributed by atoms with E-state index in [0.717, 1.165) is 22.3 Å². The molecule has 0 aromatic carbocycles. The van der Waals surface area contributed by atoms with Gasteiger partial charge >= 0.3 is 0 Å². The Labute approximate surface area is 115 Å². The third kappa shape index (κ3) is 3.46. The number of hydrogen-bond acceptors (Lipinski definition) is 2. The zero-order valence-electron chi connectivity index (χ0n) is 9.29. The zero-order chi connectivity index (χ0) is 11.4. The number of halogens is 2. The van der Waals surface area contributed by atoms with Crippen LogP contribution in [-0.2, 0) is 6.54 Å². The summed E-state index contributed by atoms with van der Waals surface area (Å²) in [5, 5.41) is 1.10. The molecule has 1 heterocycles. The van der Waals surface area contributed by atoms with E-state index < -0.39 is 0 Å². The van der Waals surface area contributed by atoms with Crippen molar-refractivity contribution in [3.63, 3.8) is 0 Å². The predicted molar refractivity (Wildman–Crippen MR) is 75.8 cm³/mol. The van der Waals surface area contributed by atoms with Crippen LogP contribution in [-0.4, -0.2) is 22.8 Å². The molecule has 0 bridgehead atoms. The second kappa shape index (κ2) is 6.39. The summed E-state index contributed by atoms with van der Waals surface area (Å²) in [6.45, 7) is 2.28. The molecule has 1 aliphatic carbocycles. The first-order valence-corrected chi connectivity index (χ1v) is 8.15. The fourth-order valence-electron chi connectivity index (χ4n) is 2.04. The van der Waals surface area contributed by atoms with Gasteiger partial charge in [0.05, 0.1) is 4.34 Å². The monoisotopic (exact) mass is 321 g/mol. The lowest BCUT2D eigenvalue weighted by Gasteiger charge is -2.37. The van der Waals surface area contributed by atoms with Crippen molar-refractivity contribution in [2.24, 2.45) is 0 Å². The van der Waals surface area contributed by atoms with Crippen molar-refractivity contribution >= 4 is 38.9 Å². The quantitative estimate of drug-likeness (QED) is 0.695. The van der Waals surface area contributed by atoms with Crippen LogP contribution in [0.25, 0.3) is 0 Å². The average molecular weight is 323 g/mol. The van der Waals surface area contributed by atoms with Crippen LogP contribution in [0.4, 0.5) is 0 Å². The molecular formula is C12H17BrClNS. The van der Waals surface area contributed by atoms with Crippen LogP contribution in [0.1, 0.15) is 30.6 Å². The first-order chi connectivity index (χ1) is 7.79. The molecule has 0 radical (unpaired) electrons. The Hall–Kier alpha value is 0.430. The lowest BCUT2D eigenvalue weighted by atomic mass is 9.91. The number of hydrogen-bond donors (Lipinski definition) is 0. The summed E-state index contributed by atoms with van der Waals surface area (Å²) in [6, 6.07) is 4.98. The molecular weight excluding hydrogens is 306 g/mol. The van der Waals surface area contributed by atoms with E-state index in [-0.39, 0.29) is 0 Å². The van der Waals surface area contributed by atoms with Gasteiger partial charge in [-0.15, -0.1) is 11.3 Å². The van der Waals surface area contributed by atoms with Gasteiger partial charge in [-0.2, -0.15) is 0 Å². The van der Waals surface area contributed by atoms with Gasteiger partial charge in [-0.05, 0) is 37.9 Å². The molecule has 2 rings (SSSR count). The van der Waals surface area contributed by atoms with Crippen molar-refractivity contribution in [3.05, 3.63) is 21.3 Å². The van der Waals surface area contributed by atoms with Crippen molar-refractivity contribution < 1.29 is 0 Å². The Bertz CT molecular complexity index is 325. The van der Waals surface area contributed by atoms with E-state index in [4.69, 9.17) is 11.6 Å². The molecule has 0 N–H and O–H groups in total. The minimum absolute atomic E-state index is 0.819. The molecule has 0 aliphatic heterocycles. The molecule has 1 saturated carbocycles. The predicted octanol–water partition coefficient (Wildman–Crippen LogP) is 4.54. The minimum Gasteiger partial charge on any atom is -0.295 e. The van der Waals surface area contributed by atoms with E-state index in [0.29, 0.717) is 0 Å². The van der Waals surface area contributed by atoms with Gasteiger partial charge in [-0.3, -0.25) is 4.90 Å². The molecule has 1 nitrogen and oxygen atoms in total. The van der Waals surface area contributed by atoms with Crippen molar-refractivity contribution in [1.82, 2.24) is 4.90 Å². The highest BCUT2D eigenvalue weighted by molar-refractivity contribution is 9.09. The molecule has 1 fully saturated rings. The van der Waals surface area contributed by atoms with Crippen molar-refractivity contribution in [2.75, 3.05) is 11.9 Å². The van der Waals surface area contributed by atoms with Crippen LogP contribution in [0.15, 0.2) is 12.1 Å². The summed E-state index contributed by atoms with van der Waals surface area (Å²) < 4.78 is 0.907. The minimum atomic E-state index is 0.819. The first kappa shape index (κ1) is 12.9. The van der Waals surface area contributed by atoms with Crippen molar-refractivity contribution in [1.29, 1.82) is 0 Å². The van der Waals surface area contributed by atoms with Crippen molar-refractivity contribution in [2.45, 2.75) is 38.3 Å². The van der Waals surface area contributed by atoms with Gasteiger partial charge in [-0.25, -0.2) is 0 Å². The van der Waals surface area contributed by atoms with Crippen LogP contribution in [0, 0.1) is 0 Å². The summed E-state index contributed by atoms with van der Waals surface area (Å²) in [5.41, 5.74) is 0. The Morgan fingerprint density at radius 3 is 2.75 bits per heavy atom. The molecule has 0 saturated heterocycles. The highest BCUT2D eigenvalue weighted by Gasteiger charge is 2.24. The summed E-state index contributed by atoms with van der Waals surface area (Å²) in [5.74, 6) is 0. The summed E-state index contributed by atoms with van der Waals surface area (Å²) in [7, 11) is 0. The largest absolute Gasteiger partial charge is 0.295 e. The molecule has 1 aromatic heterocycles. The molecule has 4 heteroatoms. The zero-order valence-corrected chi connectivity index (χ0v) is 12.5. The Kier molecular flexibility index (Phi) is 5.14. The highest BCUT2D eigenvalue weighted by Crippen LogP contribution is 2.29. The summed E-state index contributed by atoms with van der Waals surface area (Å²) >= 11 is 11.2. The van der Waals surface area contributed by atoms with Gasteiger partial charge in [0.15, 0.2) is 0 Å². The second-order valence-electron chi connectivity index (χ2n) is 4.30. The normalized spacial score (nSPS) is 16.7. The Morgan fingerprint density at radius 1 is 1.44 bits per heavy atom. The van der Waals surface area contributed by atoms with Gasteiger partial charge in [0, 0.05) is 22.8 Å². The van der Waals surface area contributed by atoms with Crippen LogP contribution >= 0.6 is 38.9 Å². The average Bonchev–Trinajstić information content (AvgIpc) is 2.58. The maximum Gasteiger partial charge on any atom is 0.0931 e. The maximum absolute atomic E-state index is 5.97. The smallest absolute Gasteiger partial charge is 0.0931 e. The van der Waals surface area contributed by atoms with E-state index in [1.54, 1.807) is 11.3 Å². The molecule has 16 heavy (non-hydrogen) atoms. The number of alkyl halides is 1. The highest BCUT2D eigenvalue weighted by atomic mass is 79.9. The molecule has 90 valence electrons. The summed E-state index contributed by atoms with van der Waals surface area (Å²) in [6.07, 6.45) is 5.39. The second-order valence-corrected chi connectivity index (χ2v) is 6.90. The molecule has 0 atom stereocenters. The van der Waals surface area contributed by atoms with Gasteiger partial charge in [0.25, 0.3) is 0 Å². The van der Waals surface area contributed by atoms with Crippen LogP contribution < -0.4 is 0 Å². The SMILES string of the molecule is Clc1ccc(CN(CCCBr)C2CCC2)s1. The first-order valence-electron chi connectivity index (χ1n) is 5.84. The maximum atomic E-state index is 5.97. The lowest BCUT2D eigenvalue weighted by Crippen LogP contribution is -2.40. The van der Waals surface area contributed by atoms with Gasteiger partial charge in [0.2, 0.25) is 0 Å². The van der Waals surface area contributed by atoms with Crippen LogP contribution in [0.2, 0.25) is 4.34 Å². The third-order valence-corrected chi connectivity index (χ3v) is 4.93. The van der Waals surface area contributed by atoms with Gasteiger partial charge in [-0.1, -0.05) is 34.0 Å².